The van der Waals surface area contributed by atoms with Crippen LogP contribution < -0.4 is 16.8 Å². The Hall–Kier alpha value is -3.12. The average molecular weight is 399 g/mol. The van der Waals surface area contributed by atoms with Crippen molar-refractivity contribution in [3.05, 3.63) is 48.5 Å². The topological polar surface area (TPSA) is 174 Å². The number of fused-ring (bicyclic) bond motifs is 1. The first-order valence-corrected chi connectivity index (χ1v) is 8.99. The summed E-state index contributed by atoms with van der Waals surface area (Å²) in [6, 6.07) is 7.04. The van der Waals surface area contributed by atoms with Gasteiger partial charge < -0.3 is 31.7 Å². The van der Waals surface area contributed by atoms with E-state index >= 15 is 0 Å². The van der Waals surface area contributed by atoms with Gasteiger partial charge in [-0.05, 0) is 5.56 Å². The number of aromatic nitrogens is 4. The molecule has 3 unspecified atom stereocenters. The van der Waals surface area contributed by atoms with Crippen LogP contribution in [0.4, 0.5) is 5.82 Å². The van der Waals surface area contributed by atoms with Crippen molar-refractivity contribution in [3.8, 4) is 0 Å². The quantitative estimate of drug-likeness (QED) is 0.354. The number of benzene rings is 1. The maximum atomic E-state index is 12.6. The molecule has 11 nitrogen and oxygen atoms in total. The Morgan fingerprint density at radius 2 is 2.03 bits per heavy atom. The van der Waals surface area contributed by atoms with Crippen LogP contribution in [0, 0.1) is 0 Å². The molecule has 4 rings (SSSR count). The van der Waals surface area contributed by atoms with E-state index in [1.165, 1.54) is 17.2 Å². The Morgan fingerprint density at radius 1 is 1.28 bits per heavy atom. The van der Waals surface area contributed by atoms with Gasteiger partial charge in [0.15, 0.2) is 17.7 Å². The van der Waals surface area contributed by atoms with Crippen LogP contribution in [0.15, 0.2) is 43.0 Å². The second kappa shape index (κ2) is 7.72. The number of nitrogens with zero attached hydrogens (tertiary/aromatic N) is 4. The first-order valence-electron chi connectivity index (χ1n) is 8.99. The van der Waals surface area contributed by atoms with Gasteiger partial charge in [0.1, 0.15) is 30.1 Å². The Morgan fingerprint density at radius 3 is 2.76 bits per heavy atom. The van der Waals surface area contributed by atoms with E-state index in [-0.39, 0.29) is 5.82 Å². The van der Waals surface area contributed by atoms with Crippen molar-refractivity contribution in [1.29, 1.82) is 0 Å². The zero-order chi connectivity index (χ0) is 20.5. The summed E-state index contributed by atoms with van der Waals surface area (Å²) in [5.74, 6) is -0.302. The van der Waals surface area contributed by atoms with Crippen molar-refractivity contribution in [2.75, 3.05) is 12.3 Å². The summed E-state index contributed by atoms with van der Waals surface area (Å²) in [6.07, 6.45) is -0.285. The molecular weight excluding hydrogens is 378 g/mol. The molecule has 1 aliphatic rings. The predicted octanol–water partition coefficient (Wildman–Crippen LogP) is -1.16. The number of amides is 1. The first-order chi connectivity index (χ1) is 14.0. The molecule has 0 saturated carbocycles. The molecule has 0 radical (unpaired) electrons. The number of carbonyl (C=O) groups excluding carboxylic acids is 1. The van der Waals surface area contributed by atoms with Crippen molar-refractivity contribution < 1.29 is 19.7 Å². The maximum Gasteiger partial charge on any atom is 0.241 e. The molecule has 2 aromatic heterocycles. The van der Waals surface area contributed by atoms with Gasteiger partial charge in [-0.25, -0.2) is 15.0 Å². The zero-order valence-corrected chi connectivity index (χ0v) is 15.3. The largest absolute Gasteiger partial charge is 0.394 e. The Labute approximate surface area is 165 Å². The van der Waals surface area contributed by atoms with Gasteiger partial charge in [0.25, 0.3) is 0 Å². The minimum absolute atomic E-state index is 0.193. The fourth-order valence-corrected chi connectivity index (χ4v) is 3.43. The number of rotatable bonds is 5. The summed E-state index contributed by atoms with van der Waals surface area (Å²) in [6.45, 7) is -0.414. The van der Waals surface area contributed by atoms with Crippen LogP contribution in [0.5, 0.6) is 0 Å². The molecule has 152 valence electrons. The summed E-state index contributed by atoms with van der Waals surface area (Å²) < 4.78 is 7.27. The highest BCUT2D eigenvalue weighted by molar-refractivity contribution is 5.83. The van der Waals surface area contributed by atoms with Gasteiger partial charge in [-0.2, -0.15) is 0 Å². The van der Waals surface area contributed by atoms with Gasteiger partial charge in [0.05, 0.1) is 19.0 Å². The van der Waals surface area contributed by atoms with Crippen LogP contribution in [-0.4, -0.2) is 60.5 Å². The molecule has 29 heavy (non-hydrogen) atoms. The van der Waals surface area contributed by atoms with Gasteiger partial charge in [-0.15, -0.1) is 0 Å². The molecule has 0 spiro atoms. The van der Waals surface area contributed by atoms with E-state index < -0.39 is 43.0 Å². The third-order valence-electron chi connectivity index (χ3n) is 4.97. The van der Waals surface area contributed by atoms with Crippen molar-refractivity contribution in [3.63, 3.8) is 0 Å². The normalized spacial score (nSPS) is 25.2. The lowest BCUT2D eigenvalue weighted by Crippen LogP contribution is -2.50. The lowest BCUT2D eigenvalue weighted by atomic mass is 10.0. The molecule has 11 heteroatoms. The Kier molecular flexibility index (Phi) is 5.11. The van der Waals surface area contributed by atoms with Crippen LogP contribution >= 0.6 is 0 Å². The lowest BCUT2D eigenvalue weighted by molar-refractivity contribution is -0.124. The van der Waals surface area contributed by atoms with Crippen LogP contribution in [-0.2, 0) is 9.53 Å². The van der Waals surface area contributed by atoms with Crippen LogP contribution in [0.3, 0.4) is 0 Å². The monoisotopic (exact) mass is 399 g/mol. The summed E-state index contributed by atoms with van der Waals surface area (Å²) in [5, 5.41) is 23.2. The molecular formula is C18H21N7O4. The Balaban J connectivity index is 1.57. The SMILES string of the molecule is Nc1ncnc2c1ncn2[C@@H]1O[C@H](CO)C(NC(=O)C(N)c2ccccc2)C1O. The number of hydrogen-bond acceptors (Lipinski definition) is 9. The van der Waals surface area contributed by atoms with E-state index in [1.807, 2.05) is 6.07 Å². The number of ether oxygens (including phenoxy) is 1. The van der Waals surface area contributed by atoms with Gasteiger partial charge in [0.2, 0.25) is 5.91 Å². The Bertz CT molecular complexity index is 1010. The number of nitrogens with one attached hydrogen (secondary N) is 1. The van der Waals surface area contributed by atoms with Crippen molar-refractivity contribution in [1.82, 2.24) is 24.8 Å². The summed E-state index contributed by atoms with van der Waals surface area (Å²) in [5.41, 5.74) is 13.2. The van der Waals surface area contributed by atoms with Crippen molar-refractivity contribution in [2.24, 2.45) is 5.73 Å². The van der Waals surface area contributed by atoms with E-state index in [9.17, 15) is 15.0 Å². The second-order valence-corrected chi connectivity index (χ2v) is 6.74. The molecule has 0 bridgehead atoms. The van der Waals surface area contributed by atoms with Crippen LogP contribution in [0.25, 0.3) is 11.2 Å². The zero-order valence-electron chi connectivity index (χ0n) is 15.3. The van der Waals surface area contributed by atoms with Crippen LogP contribution in [0.2, 0.25) is 0 Å². The van der Waals surface area contributed by atoms with E-state index in [2.05, 4.69) is 20.3 Å². The molecule has 7 N–H and O–H groups in total. The maximum absolute atomic E-state index is 12.6. The number of anilines is 1. The highest BCUT2D eigenvalue weighted by atomic mass is 16.5. The van der Waals surface area contributed by atoms with Crippen LogP contribution in [0.1, 0.15) is 17.8 Å². The van der Waals surface area contributed by atoms with Crippen molar-refractivity contribution in [2.45, 2.75) is 30.5 Å². The van der Waals surface area contributed by atoms with Gasteiger partial charge in [-0.1, -0.05) is 30.3 Å². The highest BCUT2D eigenvalue weighted by Crippen LogP contribution is 2.32. The number of aliphatic hydroxyl groups excluding tert-OH is 2. The number of hydrogen-bond donors (Lipinski definition) is 5. The highest BCUT2D eigenvalue weighted by Gasteiger charge is 2.46. The fraction of sp³-hybridized carbons (Fsp3) is 0.333. The predicted molar refractivity (Wildman–Crippen MR) is 102 cm³/mol. The van der Waals surface area contributed by atoms with Gasteiger partial charge in [0, 0.05) is 0 Å². The number of aliphatic hydroxyl groups is 2. The summed E-state index contributed by atoms with van der Waals surface area (Å²) in [4.78, 5) is 24.8. The summed E-state index contributed by atoms with van der Waals surface area (Å²) >= 11 is 0. The van der Waals surface area contributed by atoms with Crippen molar-refractivity contribution >= 4 is 22.9 Å². The average Bonchev–Trinajstić information content (AvgIpc) is 3.30. The fourth-order valence-electron chi connectivity index (χ4n) is 3.43. The van der Waals surface area contributed by atoms with Gasteiger partial charge in [-0.3, -0.25) is 9.36 Å². The standard InChI is InChI=1S/C18H21N7O4/c19-11(9-4-2-1-3-5-9)17(28)24-12-10(6-26)29-18(14(12)27)25-8-23-13-15(20)21-7-22-16(13)25/h1-5,7-8,10-12,14,18,26-27H,6,19H2,(H,24,28)(H2,20,21,22)/t10-,11?,12?,14?,18-/m1/s1. The number of imidazole rings is 1. The van der Waals surface area contributed by atoms with E-state index in [0.29, 0.717) is 16.7 Å². The lowest BCUT2D eigenvalue weighted by Gasteiger charge is -2.23. The summed E-state index contributed by atoms with van der Waals surface area (Å²) in [7, 11) is 0. The minimum Gasteiger partial charge on any atom is -0.394 e. The second-order valence-electron chi connectivity index (χ2n) is 6.74. The third kappa shape index (κ3) is 3.40. The first kappa shape index (κ1) is 19.2. The third-order valence-corrected chi connectivity index (χ3v) is 4.97. The number of nitrogens with two attached hydrogens (primary N) is 2. The molecule has 1 aromatic carbocycles. The minimum atomic E-state index is -1.19. The van der Waals surface area contributed by atoms with Gasteiger partial charge >= 0.3 is 0 Å². The number of nitrogen functional groups attached to an aromatic ring is 1. The van der Waals surface area contributed by atoms with E-state index in [4.69, 9.17) is 16.2 Å². The molecule has 1 aliphatic heterocycles. The molecule has 1 fully saturated rings. The smallest absolute Gasteiger partial charge is 0.241 e. The molecule has 3 aromatic rings. The molecule has 0 aliphatic carbocycles. The number of carbonyl (C=O) groups is 1. The van der Waals surface area contributed by atoms with E-state index in [0.717, 1.165) is 0 Å². The molecule has 3 heterocycles. The van der Waals surface area contributed by atoms with E-state index in [1.54, 1.807) is 24.3 Å². The molecule has 1 saturated heterocycles. The molecule has 1 amide bonds. The molecule has 5 atom stereocenters.